The van der Waals surface area contributed by atoms with Gasteiger partial charge in [0.2, 0.25) is 0 Å². The molecule has 1 aromatic carbocycles. The molecule has 0 atom stereocenters. The van der Waals surface area contributed by atoms with Crippen LogP contribution in [0, 0.1) is 11.5 Å². The molecule has 0 unspecified atom stereocenters. The molecule has 0 spiro atoms. The molecule has 2 rings (SSSR count). The summed E-state index contributed by atoms with van der Waals surface area (Å²) >= 11 is 1.29. The fraction of sp³-hybridized carbons (Fsp3) is 0.400. The summed E-state index contributed by atoms with van der Waals surface area (Å²) in [5.41, 5.74) is 1.51. The van der Waals surface area contributed by atoms with E-state index in [2.05, 4.69) is 15.2 Å². The van der Waals surface area contributed by atoms with E-state index in [1.54, 1.807) is 24.5 Å². The smallest absolute Gasteiger partial charge is 0.337 e. The molecule has 0 bridgehead atoms. The molecule has 7 heteroatoms. The highest BCUT2D eigenvalue weighted by atomic mass is 32.2. The lowest BCUT2D eigenvalue weighted by Crippen LogP contribution is -2.30. The number of anilines is 1. The van der Waals surface area contributed by atoms with E-state index >= 15 is 0 Å². The van der Waals surface area contributed by atoms with Crippen molar-refractivity contribution in [1.29, 1.82) is 5.26 Å². The Hall–Kier alpha value is -2.20. The number of aliphatic imine (C=N–C) groups is 1. The maximum atomic E-state index is 11.5. The Labute approximate surface area is 133 Å². The van der Waals surface area contributed by atoms with E-state index in [4.69, 9.17) is 5.26 Å². The lowest BCUT2D eigenvalue weighted by atomic mass is 10.1. The summed E-state index contributed by atoms with van der Waals surface area (Å²) in [5, 5.41) is 21.0. The van der Waals surface area contributed by atoms with Crippen molar-refractivity contribution in [2.45, 2.75) is 19.3 Å². The molecule has 0 amide bonds. The first-order valence-corrected chi connectivity index (χ1v) is 8.28. The predicted molar refractivity (Wildman–Crippen MR) is 88.8 cm³/mol. The van der Waals surface area contributed by atoms with Crippen LogP contribution in [-0.4, -0.2) is 35.6 Å². The minimum Gasteiger partial charge on any atom is -0.478 e. The van der Waals surface area contributed by atoms with Gasteiger partial charge in [-0.3, -0.25) is 5.32 Å². The molecule has 2 N–H and O–H groups in total. The molecular formula is C15H18N4O2S. The molecule has 6 nitrogen and oxygen atoms in total. The first-order chi connectivity index (χ1) is 10.7. The van der Waals surface area contributed by atoms with E-state index in [9.17, 15) is 9.90 Å². The van der Waals surface area contributed by atoms with Crippen molar-refractivity contribution in [3.05, 3.63) is 23.8 Å². The first kappa shape index (κ1) is 16.2. The zero-order valence-electron chi connectivity index (χ0n) is 12.4. The Morgan fingerprint density at radius 3 is 2.73 bits per heavy atom. The lowest BCUT2D eigenvalue weighted by molar-refractivity contribution is 0.0697. The molecular weight excluding hydrogens is 300 g/mol. The van der Waals surface area contributed by atoms with Crippen LogP contribution in [0.25, 0.3) is 0 Å². The Morgan fingerprint density at radius 2 is 2.14 bits per heavy atom. The molecule has 22 heavy (non-hydrogen) atoms. The summed E-state index contributed by atoms with van der Waals surface area (Å²) in [4.78, 5) is 17.9. The second kappa shape index (κ2) is 7.71. The van der Waals surface area contributed by atoms with Gasteiger partial charge in [0.1, 0.15) is 0 Å². The SMILES string of the molecule is CSC(=Nc1ccc(N2CCCCC2)c(C(=O)O)c1)NC#N. The molecule has 0 radical (unpaired) electrons. The number of amidine groups is 1. The molecule has 1 saturated heterocycles. The van der Waals surface area contributed by atoms with Crippen molar-refractivity contribution >= 4 is 34.3 Å². The van der Waals surface area contributed by atoms with Crippen LogP contribution in [0.3, 0.4) is 0 Å². The monoisotopic (exact) mass is 318 g/mol. The molecule has 0 saturated carbocycles. The van der Waals surface area contributed by atoms with Gasteiger partial charge in [0, 0.05) is 13.1 Å². The highest BCUT2D eigenvalue weighted by Gasteiger charge is 2.18. The summed E-state index contributed by atoms with van der Waals surface area (Å²) in [6.45, 7) is 1.77. The third-order valence-corrected chi connectivity index (χ3v) is 4.07. The quantitative estimate of drug-likeness (QED) is 0.385. The Kier molecular flexibility index (Phi) is 5.67. The van der Waals surface area contributed by atoms with Crippen molar-refractivity contribution < 1.29 is 9.90 Å². The fourth-order valence-electron chi connectivity index (χ4n) is 2.47. The second-order valence-electron chi connectivity index (χ2n) is 4.91. The van der Waals surface area contributed by atoms with E-state index in [-0.39, 0.29) is 5.56 Å². The fourth-order valence-corrected chi connectivity index (χ4v) is 2.81. The van der Waals surface area contributed by atoms with Gasteiger partial charge in [-0.05, 0) is 43.7 Å². The van der Waals surface area contributed by atoms with Crippen LogP contribution >= 0.6 is 11.8 Å². The van der Waals surface area contributed by atoms with Gasteiger partial charge in [-0.1, -0.05) is 11.8 Å². The molecule has 0 aliphatic carbocycles. The van der Waals surface area contributed by atoms with Crippen LogP contribution in [0.4, 0.5) is 11.4 Å². The van der Waals surface area contributed by atoms with Crippen LogP contribution in [0.15, 0.2) is 23.2 Å². The Bertz CT molecular complexity index is 618. The number of aromatic carboxylic acids is 1. The number of benzene rings is 1. The standard InChI is InChI=1S/C15H18N4O2S/c1-22-15(17-10-16)18-11-5-6-13(12(9-11)14(20)21)19-7-3-2-4-8-19/h5-6,9H,2-4,7-8H2,1H3,(H,17,18)(H,20,21). The van der Waals surface area contributed by atoms with Gasteiger partial charge >= 0.3 is 5.97 Å². The second-order valence-corrected chi connectivity index (χ2v) is 5.71. The molecule has 1 aliphatic rings. The number of thioether (sulfide) groups is 1. The summed E-state index contributed by atoms with van der Waals surface area (Å²) in [7, 11) is 0. The number of piperidine rings is 1. The highest BCUT2D eigenvalue weighted by Crippen LogP contribution is 2.28. The largest absolute Gasteiger partial charge is 0.478 e. The minimum absolute atomic E-state index is 0.251. The summed E-state index contributed by atoms with van der Waals surface area (Å²) in [5.74, 6) is -0.962. The maximum Gasteiger partial charge on any atom is 0.337 e. The average Bonchev–Trinajstić information content (AvgIpc) is 2.55. The number of carboxylic acid groups (broad SMARTS) is 1. The molecule has 1 aromatic rings. The normalized spacial score (nSPS) is 15.3. The number of nitriles is 1. The van der Waals surface area contributed by atoms with Crippen molar-refractivity contribution in [3.8, 4) is 6.19 Å². The third-order valence-electron chi connectivity index (χ3n) is 3.49. The topological polar surface area (TPSA) is 88.7 Å². The van der Waals surface area contributed by atoms with Gasteiger partial charge in [-0.2, -0.15) is 5.26 Å². The minimum atomic E-state index is -0.962. The van der Waals surface area contributed by atoms with E-state index < -0.39 is 5.97 Å². The number of nitrogens with zero attached hydrogens (tertiary/aromatic N) is 3. The number of hydrogen-bond donors (Lipinski definition) is 2. The van der Waals surface area contributed by atoms with Gasteiger partial charge in [0.25, 0.3) is 0 Å². The third kappa shape index (κ3) is 3.92. The van der Waals surface area contributed by atoms with Crippen LogP contribution < -0.4 is 10.2 Å². The number of carboxylic acids is 1. The van der Waals surface area contributed by atoms with E-state index in [1.807, 2.05) is 6.19 Å². The van der Waals surface area contributed by atoms with Gasteiger partial charge in [0.05, 0.1) is 16.9 Å². The first-order valence-electron chi connectivity index (χ1n) is 7.06. The van der Waals surface area contributed by atoms with Gasteiger partial charge in [-0.15, -0.1) is 0 Å². The van der Waals surface area contributed by atoms with E-state index in [1.165, 1.54) is 18.2 Å². The van der Waals surface area contributed by atoms with Crippen molar-refractivity contribution in [1.82, 2.24) is 5.32 Å². The summed E-state index contributed by atoms with van der Waals surface area (Å²) in [6.07, 6.45) is 6.97. The van der Waals surface area contributed by atoms with Crippen molar-refractivity contribution in [2.24, 2.45) is 4.99 Å². The Balaban J connectivity index is 2.34. The number of carbonyl (C=O) groups is 1. The van der Waals surface area contributed by atoms with E-state index in [0.29, 0.717) is 10.9 Å². The number of nitrogens with one attached hydrogen (secondary N) is 1. The van der Waals surface area contributed by atoms with Crippen LogP contribution in [0.5, 0.6) is 0 Å². The predicted octanol–water partition coefficient (Wildman–Crippen LogP) is 2.80. The van der Waals surface area contributed by atoms with Gasteiger partial charge < -0.3 is 10.0 Å². The molecule has 0 aromatic heterocycles. The molecule has 1 heterocycles. The van der Waals surface area contributed by atoms with Gasteiger partial charge in [0.15, 0.2) is 11.4 Å². The summed E-state index contributed by atoms with van der Waals surface area (Å²) < 4.78 is 0. The van der Waals surface area contributed by atoms with Crippen molar-refractivity contribution in [2.75, 3.05) is 24.2 Å². The molecule has 116 valence electrons. The van der Waals surface area contributed by atoms with Gasteiger partial charge in [-0.25, -0.2) is 9.79 Å². The maximum absolute atomic E-state index is 11.5. The Morgan fingerprint density at radius 1 is 1.41 bits per heavy atom. The highest BCUT2D eigenvalue weighted by molar-refractivity contribution is 8.13. The average molecular weight is 318 g/mol. The molecule has 1 aliphatic heterocycles. The zero-order chi connectivity index (χ0) is 15.9. The number of rotatable bonds is 3. The summed E-state index contributed by atoms with van der Waals surface area (Å²) in [6, 6.07) is 5.14. The lowest BCUT2D eigenvalue weighted by Gasteiger charge is -2.30. The molecule has 1 fully saturated rings. The van der Waals surface area contributed by atoms with E-state index in [0.717, 1.165) is 31.6 Å². The number of hydrogen-bond acceptors (Lipinski definition) is 5. The van der Waals surface area contributed by atoms with Crippen LogP contribution in [0.2, 0.25) is 0 Å². The zero-order valence-corrected chi connectivity index (χ0v) is 13.2. The van der Waals surface area contributed by atoms with Crippen LogP contribution in [0.1, 0.15) is 29.6 Å². The van der Waals surface area contributed by atoms with Crippen molar-refractivity contribution in [3.63, 3.8) is 0 Å². The van der Waals surface area contributed by atoms with Crippen LogP contribution in [-0.2, 0) is 0 Å².